The number of nitrogens with zero attached hydrogens (tertiary/aromatic N) is 1. The van der Waals surface area contributed by atoms with Crippen molar-refractivity contribution in [1.29, 1.82) is 0 Å². The molecule has 0 aromatic heterocycles. The SMILES string of the molecule is COc1cc(CCC(=O)Nc2cccc(N3CCNC3=O)c2)cc(OC)c1OC. The number of benzene rings is 2. The van der Waals surface area contributed by atoms with Gasteiger partial charge in [-0.15, -0.1) is 0 Å². The lowest BCUT2D eigenvalue weighted by Gasteiger charge is -2.16. The van der Waals surface area contributed by atoms with Crippen molar-refractivity contribution in [2.24, 2.45) is 0 Å². The molecule has 3 rings (SSSR count). The molecule has 2 aromatic carbocycles. The average Bonchev–Trinajstić information content (AvgIpc) is 3.17. The molecule has 0 aliphatic carbocycles. The second kappa shape index (κ2) is 9.18. The fraction of sp³-hybridized carbons (Fsp3) is 0.333. The second-order valence-corrected chi connectivity index (χ2v) is 6.52. The van der Waals surface area contributed by atoms with Crippen molar-refractivity contribution in [2.45, 2.75) is 12.8 Å². The molecule has 0 unspecified atom stereocenters. The molecule has 1 saturated heterocycles. The normalized spacial score (nSPS) is 13.1. The van der Waals surface area contributed by atoms with E-state index in [-0.39, 0.29) is 18.4 Å². The molecule has 154 valence electrons. The third-order valence-electron chi connectivity index (χ3n) is 4.66. The van der Waals surface area contributed by atoms with Gasteiger partial charge in [-0.3, -0.25) is 9.69 Å². The summed E-state index contributed by atoms with van der Waals surface area (Å²) in [7, 11) is 4.66. The number of hydrogen-bond acceptors (Lipinski definition) is 5. The molecule has 0 bridgehead atoms. The van der Waals surface area contributed by atoms with Gasteiger partial charge in [0, 0.05) is 30.9 Å². The number of methoxy groups -OCH3 is 3. The number of aryl methyl sites for hydroxylation is 1. The Morgan fingerprint density at radius 3 is 2.41 bits per heavy atom. The maximum absolute atomic E-state index is 12.4. The summed E-state index contributed by atoms with van der Waals surface area (Å²) in [5, 5.41) is 5.65. The van der Waals surface area contributed by atoms with Crippen molar-refractivity contribution in [3.8, 4) is 17.2 Å². The summed E-state index contributed by atoms with van der Waals surface area (Å²) in [5.41, 5.74) is 2.30. The van der Waals surface area contributed by atoms with E-state index < -0.39 is 0 Å². The number of anilines is 2. The fourth-order valence-corrected chi connectivity index (χ4v) is 3.23. The van der Waals surface area contributed by atoms with Crippen LogP contribution in [0.4, 0.5) is 16.2 Å². The highest BCUT2D eigenvalue weighted by Gasteiger charge is 2.21. The molecule has 0 saturated carbocycles. The van der Waals surface area contributed by atoms with Gasteiger partial charge in [-0.1, -0.05) is 6.07 Å². The Morgan fingerprint density at radius 1 is 1.10 bits per heavy atom. The van der Waals surface area contributed by atoms with Crippen LogP contribution in [-0.2, 0) is 11.2 Å². The second-order valence-electron chi connectivity index (χ2n) is 6.52. The van der Waals surface area contributed by atoms with Crippen LogP contribution in [0.5, 0.6) is 17.2 Å². The van der Waals surface area contributed by atoms with Crippen LogP contribution in [0.2, 0.25) is 0 Å². The first-order valence-corrected chi connectivity index (χ1v) is 9.30. The monoisotopic (exact) mass is 399 g/mol. The smallest absolute Gasteiger partial charge is 0.321 e. The summed E-state index contributed by atoms with van der Waals surface area (Å²) < 4.78 is 16.0. The van der Waals surface area contributed by atoms with Gasteiger partial charge in [0.2, 0.25) is 11.7 Å². The minimum atomic E-state index is -0.129. The van der Waals surface area contributed by atoms with E-state index in [4.69, 9.17) is 14.2 Å². The number of urea groups is 1. The summed E-state index contributed by atoms with van der Waals surface area (Å²) in [6.45, 7) is 1.22. The number of amides is 3. The molecule has 2 aromatic rings. The van der Waals surface area contributed by atoms with E-state index in [9.17, 15) is 9.59 Å². The average molecular weight is 399 g/mol. The van der Waals surface area contributed by atoms with Gasteiger partial charge < -0.3 is 24.8 Å². The third kappa shape index (κ3) is 4.71. The van der Waals surface area contributed by atoms with E-state index in [1.807, 2.05) is 24.3 Å². The number of hydrogen-bond donors (Lipinski definition) is 2. The first-order chi connectivity index (χ1) is 14.0. The predicted molar refractivity (Wildman–Crippen MR) is 110 cm³/mol. The summed E-state index contributed by atoms with van der Waals surface area (Å²) >= 11 is 0. The van der Waals surface area contributed by atoms with Crippen LogP contribution in [-0.4, -0.2) is 46.4 Å². The van der Waals surface area contributed by atoms with Crippen molar-refractivity contribution in [3.05, 3.63) is 42.0 Å². The molecule has 1 heterocycles. The van der Waals surface area contributed by atoms with Crippen LogP contribution < -0.4 is 29.7 Å². The molecule has 8 heteroatoms. The summed E-state index contributed by atoms with van der Waals surface area (Å²) in [4.78, 5) is 25.9. The van der Waals surface area contributed by atoms with Gasteiger partial charge in [0.15, 0.2) is 11.5 Å². The molecule has 1 aliphatic rings. The Bertz CT molecular complexity index is 875. The predicted octanol–water partition coefficient (Wildman–Crippen LogP) is 2.81. The lowest BCUT2D eigenvalue weighted by Crippen LogP contribution is -2.27. The number of ether oxygens (including phenoxy) is 3. The molecule has 29 heavy (non-hydrogen) atoms. The van der Waals surface area contributed by atoms with E-state index in [0.29, 0.717) is 42.4 Å². The summed E-state index contributed by atoms with van der Waals surface area (Å²) in [5.74, 6) is 1.51. The first-order valence-electron chi connectivity index (χ1n) is 9.30. The highest BCUT2D eigenvalue weighted by Crippen LogP contribution is 2.38. The number of carbonyl (C=O) groups excluding carboxylic acids is 2. The van der Waals surface area contributed by atoms with Gasteiger partial charge in [0.25, 0.3) is 0 Å². The van der Waals surface area contributed by atoms with Crippen LogP contribution >= 0.6 is 0 Å². The quantitative estimate of drug-likeness (QED) is 0.713. The Kier molecular flexibility index (Phi) is 6.43. The fourth-order valence-electron chi connectivity index (χ4n) is 3.23. The molecule has 2 N–H and O–H groups in total. The third-order valence-corrected chi connectivity index (χ3v) is 4.66. The maximum Gasteiger partial charge on any atom is 0.321 e. The summed E-state index contributed by atoms with van der Waals surface area (Å²) in [6.07, 6.45) is 0.795. The van der Waals surface area contributed by atoms with Gasteiger partial charge in [-0.2, -0.15) is 0 Å². The molecule has 0 radical (unpaired) electrons. The zero-order chi connectivity index (χ0) is 20.8. The molecule has 0 spiro atoms. The standard InChI is InChI=1S/C21H25N3O5/c1-27-17-11-14(12-18(28-2)20(17)29-3)7-8-19(25)23-15-5-4-6-16(13-15)24-10-9-22-21(24)26/h4-6,11-13H,7-10H2,1-3H3,(H,22,26)(H,23,25). The Morgan fingerprint density at radius 2 is 1.83 bits per heavy atom. The molecule has 8 nitrogen and oxygen atoms in total. The van der Waals surface area contributed by atoms with Crippen LogP contribution in [0.25, 0.3) is 0 Å². The number of rotatable bonds is 8. The molecule has 1 fully saturated rings. The van der Waals surface area contributed by atoms with Gasteiger partial charge in [-0.05, 0) is 42.3 Å². The molecular weight excluding hydrogens is 374 g/mol. The zero-order valence-corrected chi connectivity index (χ0v) is 16.8. The topological polar surface area (TPSA) is 89.1 Å². The van der Waals surface area contributed by atoms with Crippen molar-refractivity contribution >= 4 is 23.3 Å². The van der Waals surface area contributed by atoms with E-state index >= 15 is 0 Å². The van der Waals surface area contributed by atoms with E-state index in [1.165, 1.54) is 0 Å². The van der Waals surface area contributed by atoms with Crippen molar-refractivity contribution < 1.29 is 23.8 Å². The Labute approximate surface area is 169 Å². The summed E-state index contributed by atoms with van der Waals surface area (Å²) in [6, 6.07) is 10.8. The van der Waals surface area contributed by atoms with Crippen LogP contribution in [0.15, 0.2) is 36.4 Å². The van der Waals surface area contributed by atoms with Gasteiger partial charge in [0.1, 0.15) is 0 Å². The van der Waals surface area contributed by atoms with Crippen molar-refractivity contribution in [1.82, 2.24) is 5.32 Å². The van der Waals surface area contributed by atoms with Gasteiger partial charge in [-0.25, -0.2) is 4.79 Å². The van der Waals surface area contributed by atoms with Gasteiger partial charge >= 0.3 is 6.03 Å². The zero-order valence-electron chi connectivity index (χ0n) is 16.8. The highest BCUT2D eigenvalue weighted by atomic mass is 16.5. The van der Waals surface area contributed by atoms with Crippen molar-refractivity contribution in [2.75, 3.05) is 44.6 Å². The molecular formula is C21H25N3O5. The molecule has 3 amide bonds. The molecule has 1 aliphatic heterocycles. The van der Waals surface area contributed by atoms with E-state index in [2.05, 4.69) is 10.6 Å². The maximum atomic E-state index is 12.4. The van der Waals surface area contributed by atoms with E-state index in [1.54, 1.807) is 38.4 Å². The number of nitrogens with one attached hydrogen (secondary N) is 2. The van der Waals surface area contributed by atoms with Gasteiger partial charge in [0.05, 0.1) is 21.3 Å². The van der Waals surface area contributed by atoms with Crippen LogP contribution in [0.3, 0.4) is 0 Å². The van der Waals surface area contributed by atoms with Crippen LogP contribution in [0.1, 0.15) is 12.0 Å². The Hall–Kier alpha value is -3.42. The van der Waals surface area contributed by atoms with Crippen molar-refractivity contribution in [3.63, 3.8) is 0 Å². The lowest BCUT2D eigenvalue weighted by atomic mass is 10.1. The minimum absolute atomic E-state index is 0.123. The van der Waals surface area contributed by atoms with E-state index in [0.717, 1.165) is 11.3 Å². The Balaban J connectivity index is 1.64. The minimum Gasteiger partial charge on any atom is -0.493 e. The largest absolute Gasteiger partial charge is 0.493 e. The van der Waals surface area contributed by atoms with Crippen LogP contribution in [0, 0.1) is 0 Å². The highest BCUT2D eigenvalue weighted by molar-refractivity contribution is 5.96. The number of carbonyl (C=O) groups is 2. The lowest BCUT2D eigenvalue weighted by molar-refractivity contribution is -0.116. The molecule has 0 atom stereocenters. The first kappa shape index (κ1) is 20.3.